The van der Waals surface area contributed by atoms with Crippen LogP contribution in [-0.2, 0) is 0 Å². The quantitative estimate of drug-likeness (QED) is 0.491. The summed E-state index contributed by atoms with van der Waals surface area (Å²) in [4.78, 5) is 0. The molecule has 0 spiro atoms. The second kappa shape index (κ2) is 3.70. The molecule has 0 saturated carbocycles. The molecule has 0 radical (unpaired) electrons. The summed E-state index contributed by atoms with van der Waals surface area (Å²) in [6.45, 7) is 2.57. The van der Waals surface area contributed by atoms with E-state index >= 15 is 0 Å². The van der Waals surface area contributed by atoms with Gasteiger partial charge in [-0.25, -0.2) is 10.4 Å². The van der Waals surface area contributed by atoms with E-state index in [1.807, 2.05) is 6.92 Å². The predicted molar refractivity (Wildman–Crippen MR) is 46.7 cm³/mol. The molecular formula is C8H22N2O2+2. The number of hydroxylamine groups is 6. The Labute approximate surface area is 74.7 Å². The number of hydrogen-bond acceptors (Lipinski definition) is 2. The molecule has 0 rings (SSSR count). The third kappa shape index (κ3) is 4.66. The van der Waals surface area contributed by atoms with E-state index in [4.69, 9.17) is 0 Å². The maximum absolute atomic E-state index is 9.66. The smallest absolute Gasteiger partial charge is 0.170 e. The lowest BCUT2D eigenvalue weighted by Crippen LogP contribution is -2.54. The third-order valence-corrected chi connectivity index (χ3v) is 2.02. The van der Waals surface area contributed by atoms with Gasteiger partial charge in [-0.15, -0.1) is 0 Å². The standard InChI is InChI=1S/C8H22N2O2/c1-6-8(10(4,5)12)7-9(2,3)11/h8,11-12H,6-7H2,1-5H3/q+2. The van der Waals surface area contributed by atoms with Gasteiger partial charge in [-0.05, 0) is 0 Å². The van der Waals surface area contributed by atoms with Gasteiger partial charge in [-0.1, -0.05) is 6.92 Å². The van der Waals surface area contributed by atoms with E-state index in [0.717, 1.165) is 6.42 Å². The van der Waals surface area contributed by atoms with Crippen molar-refractivity contribution in [3.8, 4) is 0 Å². The summed E-state index contributed by atoms with van der Waals surface area (Å²) in [6, 6.07) is 0.0741. The van der Waals surface area contributed by atoms with Crippen LogP contribution in [-0.4, -0.2) is 60.5 Å². The topological polar surface area (TPSA) is 40.5 Å². The minimum absolute atomic E-state index is 0.0741. The van der Waals surface area contributed by atoms with Crippen LogP contribution >= 0.6 is 0 Å². The van der Waals surface area contributed by atoms with Crippen LogP contribution < -0.4 is 0 Å². The predicted octanol–water partition coefficient (Wildman–Crippen LogP) is 0.696. The fourth-order valence-electron chi connectivity index (χ4n) is 1.29. The molecule has 0 aliphatic heterocycles. The molecule has 0 saturated heterocycles. The average molecular weight is 178 g/mol. The fraction of sp³-hybridized carbons (Fsp3) is 1.00. The molecule has 74 valence electrons. The Hall–Kier alpha value is -0.160. The molecule has 2 N–H and O–H groups in total. The Morgan fingerprint density at radius 1 is 1.08 bits per heavy atom. The maximum Gasteiger partial charge on any atom is 0.170 e. The Morgan fingerprint density at radius 2 is 1.50 bits per heavy atom. The number of hydrogen-bond donors (Lipinski definition) is 2. The molecule has 0 bridgehead atoms. The minimum Gasteiger partial charge on any atom is -0.217 e. The zero-order valence-electron chi connectivity index (χ0n) is 8.78. The first-order valence-electron chi connectivity index (χ1n) is 4.29. The van der Waals surface area contributed by atoms with Gasteiger partial charge >= 0.3 is 0 Å². The van der Waals surface area contributed by atoms with Gasteiger partial charge in [0, 0.05) is 6.42 Å². The minimum atomic E-state index is -0.0965. The van der Waals surface area contributed by atoms with Crippen LogP contribution in [0.3, 0.4) is 0 Å². The van der Waals surface area contributed by atoms with Gasteiger partial charge in [0.15, 0.2) is 12.6 Å². The van der Waals surface area contributed by atoms with E-state index in [9.17, 15) is 10.4 Å². The molecule has 1 atom stereocenters. The zero-order chi connectivity index (χ0) is 9.99. The summed E-state index contributed by atoms with van der Waals surface area (Å²) < 4.78 is -0.181. The van der Waals surface area contributed by atoms with E-state index in [0.29, 0.717) is 6.54 Å². The van der Waals surface area contributed by atoms with Crippen molar-refractivity contribution in [2.45, 2.75) is 19.4 Å². The Balaban J connectivity index is 4.20. The van der Waals surface area contributed by atoms with E-state index in [2.05, 4.69) is 0 Å². The highest BCUT2D eigenvalue weighted by molar-refractivity contribution is 4.49. The summed E-state index contributed by atoms with van der Waals surface area (Å²) >= 11 is 0. The molecule has 0 heterocycles. The van der Waals surface area contributed by atoms with Gasteiger partial charge in [0.25, 0.3) is 0 Å². The number of quaternary nitrogens is 2. The van der Waals surface area contributed by atoms with E-state index in [1.54, 1.807) is 28.2 Å². The average Bonchev–Trinajstić information content (AvgIpc) is 1.78. The zero-order valence-corrected chi connectivity index (χ0v) is 8.78. The maximum atomic E-state index is 9.66. The van der Waals surface area contributed by atoms with Crippen molar-refractivity contribution in [3.63, 3.8) is 0 Å². The SMILES string of the molecule is CCC(C[N+](C)(C)O)[N+](C)(C)O. The van der Waals surface area contributed by atoms with Crippen LogP contribution in [0.1, 0.15) is 13.3 Å². The Morgan fingerprint density at radius 3 is 1.58 bits per heavy atom. The number of rotatable bonds is 4. The lowest BCUT2D eigenvalue weighted by molar-refractivity contribution is -1.13. The third-order valence-electron chi connectivity index (χ3n) is 2.02. The van der Waals surface area contributed by atoms with Crippen LogP contribution in [0.5, 0.6) is 0 Å². The second-order valence-corrected chi connectivity index (χ2v) is 4.34. The largest absolute Gasteiger partial charge is 0.217 e. The first-order chi connectivity index (χ1) is 5.17. The van der Waals surface area contributed by atoms with E-state index in [1.165, 1.54) is 0 Å². The highest BCUT2D eigenvalue weighted by Gasteiger charge is 2.32. The lowest BCUT2D eigenvalue weighted by atomic mass is 10.2. The van der Waals surface area contributed by atoms with Crippen molar-refractivity contribution in [2.24, 2.45) is 0 Å². The van der Waals surface area contributed by atoms with Gasteiger partial charge in [0.05, 0.1) is 28.2 Å². The molecule has 0 aliphatic rings. The molecule has 4 nitrogen and oxygen atoms in total. The van der Waals surface area contributed by atoms with Crippen LogP contribution in [0.2, 0.25) is 0 Å². The van der Waals surface area contributed by atoms with Crippen LogP contribution in [0.15, 0.2) is 0 Å². The molecule has 0 amide bonds. The highest BCUT2D eigenvalue weighted by atomic mass is 16.6. The Kier molecular flexibility index (Phi) is 3.65. The summed E-state index contributed by atoms with van der Waals surface area (Å²) in [5.41, 5.74) is 0. The van der Waals surface area contributed by atoms with Crippen molar-refractivity contribution in [3.05, 3.63) is 0 Å². The van der Waals surface area contributed by atoms with Crippen molar-refractivity contribution in [1.29, 1.82) is 0 Å². The molecule has 0 aromatic heterocycles. The van der Waals surface area contributed by atoms with Crippen molar-refractivity contribution < 1.29 is 19.7 Å². The lowest BCUT2D eigenvalue weighted by Gasteiger charge is -2.32. The second-order valence-electron chi connectivity index (χ2n) is 4.34. The molecule has 0 aromatic carbocycles. The summed E-state index contributed by atoms with van der Waals surface area (Å²) in [5, 5.41) is 19.2. The normalized spacial score (nSPS) is 16.2. The van der Waals surface area contributed by atoms with E-state index in [-0.39, 0.29) is 15.3 Å². The number of nitrogens with zero attached hydrogens (tertiary/aromatic N) is 2. The molecule has 0 aliphatic carbocycles. The Bertz CT molecular complexity index is 135. The van der Waals surface area contributed by atoms with Crippen molar-refractivity contribution in [2.75, 3.05) is 34.7 Å². The van der Waals surface area contributed by atoms with Crippen molar-refractivity contribution >= 4 is 0 Å². The van der Waals surface area contributed by atoms with Gasteiger partial charge in [0.1, 0.15) is 0 Å². The van der Waals surface area contributed by atoms with Crippen molar-refractivity contribution in [1.82, 2.24) is 0 Å². The van der Waals surface area contributed by atoms with Gasteiger partial charge in [0.2, 0.25) is 0 Å². The summed E-state index contributed by atoms with van der Waals surface area (Å²) in [7, 11) is 6.87. The first-order valence-corrected chi connectivity index (χ1v) is 4.29. The monoisotopic (exact) mass is 178 g/mol. The first kappa shape index (κ1) is 11.8. The molecule has 1 unspecified atom stereocenters. The fourth-order valence-corrected chi connectivity index (χ4v) is 1.29. The highest BCUT2D eigenvalue weighted by Crippen LogP contribution is 2.09. The number of likely N-dealkylation sites (N-methyl/N-ethyl adjacent to an activating group) is 2. The molecular weight excluding hydrogens is 156 g/mol. The molecule has 12 heavy (non-hydrogen) atoms. The van der Waals surface area contributed by atoms with Gasteiger partial charge in [-0.2, -0.15) is 9.29 Å². The van der Waals surface area contributed by atoms with Gasteiger partial charge in [-0.3, -0.25) is 0 Å². The van der Waals surface area contributed by atoms with E-state index < -0.39 is 0 Å². The summed E-state index contributed by atoms with van der Waals surface area (Å²) in [5.74, 6) is 0. The molecule has 0 aromatic rings. The van der Waals surface area contributed by atoms with Crippen LogP contribution in [0.25, 0.3) is 0 Å². The van der Waals surface area contributed by atoms with Crippen LogP contribution in [0.4, 0.5) is 0 Å². The summed E-state index contributed by atoms with van der Waals surface area (Å²) in [6.07, 6.45) is 0.853. The molecule has 4 heteroatoms. The van der Waals surface area contributed by atoms with Crippen LogP contribution in [0, 0.1) is 0 Å². The molecule has 0 fully saturated rings. The van der Waals surface area contributed by atoms with Gasteiger partial charge < -0.3 is 0 Å².